The Balaban J connectivity index is -0.000000328. The maximum absolute atomic E-state index is 10.6. The zero-order valence-electron chi connectivity index (χ0n) is 21.8. The van der Waals surface area contributed by atoms with E-state index in [1.165, 1.54) is 0 Å². The van der Waals surface area contributed by atoms with Gasteiger partial charge in [0.15, 0.2) is 0 Å². The van der Waals surface area contributed by atoms with Crippen LogP contribution in [0.5, 0.6) is 0 Å². The van der Waals surface area contributed by atoms with E-state index >= 15 is 0 Å². The zero-order valence-corrected chi connectivity index (χ0v) is 23.7. The third-order valence-electron chi connectivity index (χ3n) is 4.34. The van der Waals surface area contributed by atoms with E-state index in [4.69, 9.17) is 40.9 Å². The van der Waals surface area contributed by atoms with Gasteiger partial charge in [0.2, 0.25) is 0 Å². The number of carboxylic acid groups (broad SMARTS) is 8. The molecule has 0 fully saturated rings. The predicted molar refractivity (Wildman–Crippen MR) is 127 cm³/mol. The van der Waals surface area contributed by atoms with E-state index in [-0.39, 0.29) is 60.0 Å². The second kappa shape index (κ2) is 25.3. The fraction of sp³-hybridized carbons (Fsp3) is 0.600. The van der Waals surface area contributed by atoms with E-state index in [0.717, 1.165) is 19.6 Å². The first-order chi connectivity index (χ1) is 18.4. The molecule has 0 saturated carbocycles. The third kappa shape index (κ3) is 31.2. The maximum atomic E-state index is 10.6. The van der Waals surface area contributed by atoms with Crippen LogP contribution in [0.25, 0.3) is 0 Å². The standard InChI is InChI=1S/2C10H16N2O8.Co.Cu/c2*13-7(14)3-11(4-8(15)16)1-2-12(5-9(17)18)6-10(19)20;;/h2*1-6H2,(H,13,14)(H,15,16)(H,17,18)(H,19,20);;. The van der Waals surface area contributed by atoms with Crippen LogP contribution in [-0.2, 0) is 72.2 Å². The Morgan fingerprint density at radius 2 is 0.405 bits per heavy atom. The van der Waals surface area contributed by atoms with Gasteiger partial charge in [0.1, 0.15) is 0 Å². The average molecular weight is 707 g/mol. The van der Waals surface area contributed by atoms with E-state index < -0.39 is 100 Å². The summed E-state index contributed by atoms with van der Waals surface area (Å²) in [7, 11) is 0. The van der Waals surface area contributed by atoms with Crippen LogP contribution in [0.3, 0.4) is 0 Å². The molecule has 42 heavy (non-hydrogen) atoms. The van der Waals surface area contributed by atoms with Crippen molar-refractivity contribution in [1.82, 2.24) is 19.6 Å². The molecule has 2 radical (unpaired) electrons. The third-order valence-corrected chi connectivity index (χ3v) is 4.34. The van der Waals surface area contributed by atoms with E-state index in [1.54, 1.807) is 0 Å². The quantitative estimate of drug-likeness (QED) is 0.0495. The van der Waals surface area contributed by atoms with Crippen molar-refractivity contribution in [1.29, 1.82) is 0 Å². The number of aliphatic carboxylic acids is 8. The first-order valence-electron chi connectivity index (χ1n) is 11.0. The molecule has 0 atom stereocenters. The Morgan fingerprint density at radius 1 is 0.310 bits per heavy atom. The summed E-state index contributed by atoms with van der Waals surface area (Å²) >= 11 is 0. The second-order valence-electron chi connectivity index (χ2n) is 7.99. The van der Waals surface area contributed by atoms with Crippen LogP contribution in [0, 0.1) is 0 Å². The summed E-state index contributed by atoms with van der Waals surface area (Å²) in [5.41, 5.74) is 0. The summed E-state index contributed by atoms with van der Waals surface area (Å²) in [5.74, 6) is -9.82. The number of nitrogens with zero attached hydrogens (tertiary/aromatic N) is 4. The molecule has 248 valence electrons. The number of hydrogen-bond acceptors (Lipinski definition) is 12. The molecule has 0 aliphatic heterocycles. The number of carbonyl (C=O) groups is 8. The van der Waals surface area contributed by atoms with Crippen molar-refractivity contribution in [2.75, 3.05) is 78.5 Å². The predicted octanol–water partition coefficient (Wildman–Crippen LogP) is -4.15. The van der Waals surface area contributed by atoms with Crippen LogP contribution in [0.2, 0.25) is 0 Å². The van der Waals surface area contributed by atoms with Crippen molar-refractivity contribution in [3.8, 4) is 0 Å². The normalized spacial score (nSPS) is 10.2. The summed E-state index contributed by atoms with van der Waals surface area (Å²) in [6.07, 6.45) is 0. The number of rotatable bonds is 22. The molecule has 0 aliphatic carbocycles. The van der Waals surface area contributed by atoms with Gasteiger partial charge in [0, 0.05) is 60.0 Å². The second-order valence-corrected chi connectivity index (χ2v) is 7.99. The monoisotopic (exact) mass is 706 g/mol. The van der Waals surface area contributed by atoms with Crippen LogP contribution in [-0.4, -0.2) is 187 Å². The van der Waals surface area contributed by atoms with Gasteiger partial charge >= 0.3 is 47.8 Å². The SMILES string of the molecule is O=C(O)CN(CCN(CC(=O)O)CC(=O)O)CC(=O)O.O=C(O)CN(CCN(CC(=O)O)CC(=O)O)CC(=O)O.[Co].[Cu]. The van der Waals surface area contributed by atoms with Gasteiger partial charge in [-0.05, 0) is 0 Å². The molecule has 22 heteroatoms. The smallest absolute Gasteiger partial charge is 0.317 e. The summed E-state index contributed by atoms with van der Waals surface area (Å²) in [6, 6.07) is 0. The van der Waals surface area contributed by atoms with Gasteiger partial charge in [0.05, 0.1) is 52.4 Å². The van der Waals surface area contributed by atoms with E-state index in [0.29, 0.717) is 0 Å². The van der Waals surface area contributed by atoms with Crippen molar-refractivity contribution in [3.63, 3.8) is 0 Å². The van der Waals surface area contributed by atoms with Crippen LogP contribution in [0.15, 0.2) is 0 Å². The Kier molecular flexibility index (Phi) is 27.5. The maximum Gasteiger partial charge on any atom is 0.317 e. The number of carboxylic acids is 8. The first-order valence-corrected chi connectivity index (χ1v) is 11.0. The zero-order chi connectivity index (χ0) is 31.4. The minimum atomic E-state index is -1.23. The van der Waals surface area contributed by atoms with Crippen LogP contribution < -0.4 is 0 Å². The molecule has 8 N–H and O–H groups in total. The van der Waals surface area contributed by atoms with Crippen molar-refractivity contribution in [2.45, 2.75) is 0 Å². The molecule has 0 bridgehead atoms. The summed E-state index contributed by atoms with van der Waals surface area (Å²) in [4.78, 5) is 88.7. The Labute approximate surface area is 258 Å². The van der Waals surface area contributed by atoms with Gasteiger partial charge in [0.25, 0.3) is 0 Å². The summed E-state index contributed by atoms with van der Waals surface area (Å²) < 4.78 is 0. The molecular formula is C20H32CoCuN4O16. The van der Waals surface area contributed by atoms with E-state index in [9.17, 15) is 38.4 Å². The minimum Gasteiger partial charge on any atom is -0.480 e. The number of hydrogen-bond donors (Lipinski definition) is 8. The van der Waals surface area contributed by atoms with Gasteiger partial charge < -0.3 is 40.9 Å². The van der Waals surface area contributed by atoms with Gasteiger partial charge in [-0.1, -0.05) is 0 Å². The van der Waals surface area contributed by atoms with Crippen molar-refractivity contribution >= 4 is 47.8 Å². The molecular weight excluding hydrogens is 675 g/mol. The van der Waals surface area contributed by atoms with Crippen LogP contribution in [0.1, 0.15) is 0 Å². The van der Waals surface area contributed by atoms with E-state index in [2.05, 4.69) is 0 Å². The molecule has 0 saturated heterocycles. The van der Waals surface area contributed by atoms with Gasteiger partial charge in [-0.25, -0.2) is 0 Å². The van der Waals surface area contributed by atoms with Gasteiger partial charge in [-0.2, -0.15) is 0 Å². The van der Waals surface area contributed by atoms with E-state index in [1.807, 2.05) is 0 Å². The minimum absolute atomic E-state index is 0. The summed E-state index contributed by atoms with van der Waals surface area (Å²) in [6.45, 7) is -4.50. The van der Waals surface area contributed by atoms with Crippen molar-refractivity contribution < 1.29 is 113 Å². The fourth-order valence-corrected chi connectivity index (χ4v) is 2.95. The fourth-order valence-electron chi connectivity index (χ4n) is 2.95. The van der Waals surface area contributed by atoms with Crippen molar-refractivity contribution in [2.24, 2.45) is 0 Å². The molecule has 0 aromatic heterocycles. The molecule has 0 spiro atoms. The molecule has 20 nitrogen and oxygen atoms in total. The van der Waals surface area contributed by atoms with Crippen LogP contribution >= 0.6 is 0 Å². The molecule has 0 aliphatic rings. The first kappa shape index (κ1) is 45.6. The topological polar surface area (TPSA) is 311 Å². The Bertz CT molecular complexity index is 717. The molecule has 0 aromatic rings. The largest absolute Gasteiger partial charge is 0.480 e. The Hall–Kier alpha value is -3.37. The molecule has 0 aromatic carbocycles. The molecule has 0 unspecified atom stereocenters. The molecule has 0 amide bonds. The van der Waals surface area contributed by atoms with Gasteiger partial charge in [-0.3, -0.25) is 58.0 Å². The Morgan fingerprint density at radius 3 is 0.476 bits per heavy atom. The molecule has 0 heterocycles. The average Bonchev–Trinajstić information content (AvgIpc) is 2.72. The van der Waals surface area contributed by atoms with Gasteiger partial charge in [-0.15, -0.1) is 0 Å². The molecule has 0 rings (SSSR count). The summed E-state index contributed by atoms with van der Waals surface area (Å²) in [5, 5.41) is 68.9. The van der Waals surface area contributed by atoms with Crippen molar-refractivity contribution in [3.05, 3.63) is 0 Å². The van der Waals surface area contributed by atoms with Crippen LogP contribution in [0.4, 0.5) is 0 Å².